The Bertz CT molecular complexity index is 780. The van der Waals surface area contributed by atoms with Crippen molar-refractivity contribution in [3.63, 3.8) is 0 Å². The normalized spacial score (nSPS) is 22.6. The van der Waals surface area contributed by atoms with Crippen LogP contribution in [0.2, 0.25) is 0 Å². The third-order valence-electron chi connectivity index (χ3n) is 4.33. The van der Waals surface area contributed by atoms with E-state index in [1.54, 1.807) is 37.1 Å². The molecule has 3 atom stereocenters. The lowest BCUT2D eigenvalue weighted by Crippen LogP contribution is -2.37. The fourth-order valence-corrected chi connectivity index (χ4v) is 3.29. The summed E-state index contributed by atoms with van der Waals surface area (Å²) in [6.45, 7) is 7.20. The summed E-state index contributed by atoms with van der Waals surface area (Å²) in [5, 5.41) is 22.3. The highest BCUT2D eigenvalue weighted by Crippen LogP contribution is 2.40. The quantitative estimate of drug-likeness (QED) is 0.825. The molecule has 2 aromatic rings. The smallest absolute Gasteiger partial charge is 0.280 e. The first-order valence-electron chi connectivity index (χ1n) is 7.44. The number of aromatic nitrogens is 2. The van der Waals surface area contributed by atoms with Crippen LogP contribution in [0, 0.1) is 0 Å². The summed E-state index contributed by atoms with van der Waals surface area (Å²) in [7, 11) is 0. The zero-order valence-corrected chi connectivity index (χ0v) is 13.2. The van der Waals surface area contributed by atoms with Crippen LogP contribution in [0.4, 0.5) is 0 Å². The van der Waals surface area contributed by atoms with Crippen LogP contribution in [0.1, 0.15) is 39.6 Å². The fourth-order valence-electron chi connectivity index (χ4n) is 3.29. The molecule has 118 valence electrons. The van der Waals surface area contributed by atoms with Gasteiger partial charge >= 0.3 is 0 Å². The zero-order chi connectivity index (χ0) is 16.2. The van der Waals surface area contributed by atoms with E-state index in [0.717, 1.165) is 0 Å². The number of fused-ring (bicyclic) bond motifs is 1. The van der Waals surface area contributed by atoms with Crippen molar-refractivity contribution in [3.05, 3.63) is 40.4 Å². The highest BCUT2D eigenvalue weighted by molar-refractivity contribution is 5.77. The molecular weight excluding hydrogens is 282 g/mol. The summed E-state index contributed by atoms with van der Waals surface area (Å²) in [4.78, 5) is 17.3. The lowest BCUT2D eigenvalue weighted by atomic mass is 10.1. The first-order chi connectivity index (χ1) is 10.3. The topological polar surface area (TPSA) is 78.4 Å². The maximum absolute atomic E-state index is 12.9. The SMILES string of the molecule is C[C@H](O)c1nc2ccccc2c(=O)n1N1[C@H]([C@@H](C)O)C1(C)C. The van der Waals surface area contributed by atoms with E-state index in [1.165, 1.54) is 4.68 Å². The summed E-state index contributed by atoms with van der Waals surface area (Å²) in [5.41, 5.74) is -0.0307. The summed E-state index contributed by atoms with van der Waals surface area (Å²) < 4.78 is 1.42. The number of hydrogen-bond donors (Lipinski definition) is 2. The van der Waals surface area contributed by atoms with E-state index < -0.39 is 12.2 Å². The van der Waals surface area contributed by atoms with E-state index in [9.17, 15) is 15.0 Å². The van der Waals surface area contributed by atoms with Crippen LogP contribution in [0.5, 0.6) is 0 Å². The van der Waals surface area contributed by atoms with Crippen molar-refractivity contribution >= 4 is 10.9 Å². The fraction of sp³-hybridized carbons (Fsp3) is 0.500. The van der Waals surface area contributed by atoms with E-state index in [-0.39, 0.29) is 17.1 Å². The number of para-hydroxylation sites is 1. The van der Waals surface area contributed by atoms with Crippen molar-refractivity contribution < 1.29 is 10.2 Å². The Hall–Kier alpha value is -1.92. The average molecular weight is 303 g/mol. The van der Waals surface area contributed by atoms with E-state index in [2.05, 4.69) is 4.98 Å². The second-order valence-electron chi connectivity index (χ2n) is 6.46. The molecule has 0 radical (unpaired) electrons. The molecule has 0 unspecified atom stereocenters. The molecule has 0 bridgehead atoms. The van der Waals surface area contributed by atoms with Crippen LogP contribution < -0.4 is 10.6 Å². The van der Waals surface area contributed by atoms with Crippen molar-refractivity contribution in [1.29, 1.82) is 0 Å². The van der Waals surface area contributed by atoms with E-state index >= 15 is 0 Å². The molecule has 1 aliphatic heterocycles. The molecule has 3 rings (SSSR count). The lowest BCUT2D eigenvalue weighted by Gasteiger charge is -2.19. The molecule has 1 aromatic carbocycles. The summed E-state index contributed by atoms with van der Waals surface area (Å²) >= 11 is 0. The van der Waals surface area contributed by atoms with Crippen molar-refractivity contribution in [1.82, 2.24) is 9.66 Å². The van der Waals surface area contributed by atoms with Crippen LogP contribution in [-0.2, 0) is 0 Å². The Balaban J connectivity index is 2.27. The van der Waals surface area contributed by atoms with E-state index in [0.29, 0.717) is 16.7 Å². The van der Waals surface area contributed by atoms with Crippen LogP contribution in [-0.4, -0.2) is 37.6 Å². The number of hydrogen-bond acceptors (Lipinski definition) is 5. The number of aliphatic hydroxyl groups excluding tert-OH is 2. The minimum Gasteiger partial charge on any atom is -0.391 e. The average Bonchev–Trinajstić information content (AvgIpc) is 3.01. The Morgan fingerprint density at radius 2 is 1.86 bits per heavy atom. The van der Waals surface area contributed by atoms with E-state index in [1.807, 2.05) is 19.9 Å². The Morgan fingerprint density at radius 1 is 1.23 bits per heavy atom. The summed E-state index contributed by atoms with van der Waals surface area (Å²) in [5.74, 6) is 0.292. The Labute approximate surface area is 128 Å². The first-order valence-corrected chi connectivity index (χ1v) is 7.44. The van der Waals surface area contributed by atoms with Gasteiger partial charge in [-0.05, 0) is 39.8 Å². The number of nitrogens with zero attached hydrogens (tertiary/aromatic N) is 3. The molecule has 2 heterocycles. The monoisotopic (exact) mass is 303 g/mol. The molecule has 0 spiro atoms. The van der Waals surface area contributed by atoms with Gasteiger partial charge in [0, 0.05) is 0 Å². The van der Waals surface area contributed by atoms with Crippen molar-refractivity contribution in [2.75, 3.05) is 5.01 Å². The van der Waals surface area contributed by atoms with Gasteiger partial charge in [-0.25, -0.2) is 9.66 Å². The van der Waals surface area contributed by atoms with Gasteiger partial charge in [-0.1, -0.05) is 12.1 Å². The van der Waals surface area contributed by atoms with Gasteiger partial charge in [0.2, 0.25) is 0 Å². The van der Waals surface area contributed by atoms with E-state index in [4.69, 9.17) is 0 Å². The van der Waals surface area contributed by atoms with Gasteiger partial charge in [-0.3, -0.25) is 9.80 Å². The molecule has 0 amide bonds. The van der Waals surface area contributed by atoms with Crippen LogP contribution in [0.25, 0.3) is 10.9 Å². The molecular formula is C16H21N3O3. The number of rotatable bonds is 3. The Kier molecular flexibility index (Phi) is 3.27. The van der Waals surface area contributed by atoms with Gasteiger partial charge in [0.1, 0.15) is 6.10 Å². The molecule has 1 aliphatic rings. The van der Waals surface area contributed by atoms with Crippen molar-refractivity contribution in [2.24, 2.45) is 0 Å². The van der Waals surface area contributed by atoms with Gasteiger partial charge in [0.25, 0.3) is 5.56 Å². The molecule has 0 saturated carbocycles. The second kappa shape index (κ2) is 4.79. The minimum atomic E-state index is -0.886. The third kappa shape index (κ3) is 2.02. The molecule has 6 nitrogen and oxygen atoms in total. The van der Waals surface area contributed by atoms with Crippen LogP contribution in [0.15, 0.2) is 29.1 Å². The third-order valence-corrected chi connectivity index (χ3v) is 4.33. The lowest BCUT2D eigenvalue weighted by molar-refractivity contribution is 0.177. The number of aliphatic hydroxyl groups is 2. The van der Waals surface area contributed by atoms with Crippen LogP contribution in [0.3, 0.4) is 0 Å². The van der Waals surface area contributed by atoms with Gasteiger partial charge in [0.05, 0.1) is 28.6 Å². The predicted molar refractivity (Wildman–Crippen MR) is 84.4 cm³/mol. The van der Waals surface area contributed by atoms with Crippen molar-refractivity contribution in [2.45, 2.75) is 51.5 Å². The molecule has 6 heteroatoms. The van der Waals surface area contributed by atoms with Gasteiger partial charge < -0.3 is 10.2 Å². The standard InChI is InChI=1S/C16H21N3O3/c1-9(20)13-16(3,4)19(13)18-14(10(2)21)17-12-8-6-5-7-11(12)15(18)22/h5-10,13,20-21H,1-4H3/t9-,10+,13-,19?/m1/s1. The summed E-state index contributed by atoms with van der Waals surface area (Å²) in [6, 6.07) is 6.89. The number of benzene rings is 1. The minimum absolute atomic E-state index is 0.189. The Morgan fingerprint density at radius 3 is 2.41 bits per heavy atom. The molecule has 22 heavy (non-hydrogen) atoms. The molecule has 1 fully saturated rings. The molecule has 1 aromatic heterocycles. The largest absolute Gasteiger partial charge is 0.391 e. The first kappa shape index (κ1) is 15.0. The second-order valence-corrected chi connectivity index (χ2v) is 6.46. The highest BCUT2D eigenvalue weighted by atomic mass is 16.3. The highest BCUT2D eigenvalue weighted by Gasteiger charge is 2.60. The summed E-state index contributed by atoms with van der Waals surface area (Å²) in [6.07, 6.45) is -1.47. The molecule has 1 saturated heterocycles. The predicted octanol–water partition coefficient (Wildman–Crippen LogP) is 0.929. The maximum atomic E-state index is 12.9. The van der Waals surface area contributed by atoms with Crippen LogP contribution >= 0.6 is 0 Å². The van der Waals surface area contributed by atoms with Gasteiger partial charge in [-0.2, -0.15) is 0 Å². The van der Waals surface area contributed by atoms with Gasteiger partial charge in [-0.15, -0.1) is 0 Å². The van der Waals surface area contributed by atoms with Gasteiger partial charge in [0.15, 0.2) is 5.82 Å². The van der Waals surface area contributed by atoms with Crippen molar-refractivity contribution in [3.8, 4) is 0 Å². The zero-order valence-electron chi connectivity index (χ0n) is 13.2. The molecule has 0 aliphatic carbocycles. The maximum Gasteiger partial charge on any atom is 0.280 e. The molecule has 2 N–H and O–H groups in total.